The molecule has 0 atom stereocenters. The highest BCUT2D eigenvalue weighted by Gasteiger charge is 2.30. The Hall–Kier alpha value is -3.66. The van der Waals surface area contributed by atoms with E-state index in [4.69, 9.17) is 16.3 Å². The minimum Gasteiger partial charge on any atom is -0.497 e. The summed E-state index contributed by atoms with van der Waals surface area (Å²) in [4.78, 5) is 19.3. The Kier molecular flexibility index (Phi) is 7.01. The second kappa shape index (κ2) is 10.4. The SMILES string of the molecule is COc1cccc(S(=O)(=O)N2CCN(C(=O)c3ccc(Nc4ccnc5cc(Cl)ccc45)cc3)CC2)c1. The van der Waals surface area contributed by atoms with Gasteiger partial charge in [0.25, 0.3) is 5.91 Å². The van der Waals surface area contributed by atoms with Crippen molar-refractivity contribution >= 4 is 49.8 Å². The van der Waals surface area contributed by atoms with Crippen LogP contribution in [0, 0.1) is 0 Å². The average molecular weight is 537 g/mol. The monoisotopic (exact) mass is 536 g/mol. The highest BCUT2D eigenvalue weighted by molar-refractivity contribution is 7.89. The fourth-order valence-corrected chi connectivity index (χ4v) is 5.93. The summed E-state index contributed by atoms with van der Waals surface area (Å²) >= 11 is 6.08. The lowest BCUT2D eigenvalue weighted by Gasteiger charge is -2.34. The number of halogens is 1. The minimum absolute atomic E-state index is 0.131. The van der Waals surface area contributed by atoms with Gasteiger partial charge in [0.15, 0.2) is 0 Å². The number of hydrogen-bond donors (Lipinski definition) is 1. The molecule has 1 saturated heterocycles. The van der Waals surface area contributed by atoms with Crippen molar-refractivity contribution in [2.75, 3.05) is 38.6 Å². The molecule has 37 heavy (non-hydrogen) atoms. The number of benzene rings is 3. The Morgan fingerprint density at radius 1 is 0.973 bits per heavy atom. The molecular weight excluding hydrogens is 512 g/mol. The number of sulfonamides is 1. The van der Waals surface area contributed by atoms with Crippen molar-refractivity contribution in [2.45, 2.75) is 4.90 Å². The fourth-order valence-electron chi connectivity index (χ4n) is 4.31. The van der Waals surface area contributed by atoms with Crippen LogP contribution in [0.5, 0.6) is 5.75 Å². The Labute approximate surface area is 220 Å². The molecule has 0 radical (unpaired) electrons. The van der Waals surface area contributed by atoms with Crippen molar-refractivity contribution in [1.29, 1.82) is 0 Å². The molecule has 4 aromatic rings. The first kappa shape index (κ1) is 25.0. The second-order valence-electron chi connectivity index (χ2n) is 8.60. The molecule has 0 bridgehead atoms. The standard InChI is InChI=1S/C27H25ClN4O4S/c1-36-22-3-2-4-23(18-22)37(34,35)32-15-13-31(14-16-32)27(33)19-5-8-21(9-6-19)30-25-11-12-29-26-17-20(28)7-10-24(25)26/h2-12,17-18H,13-16H2,1H3,(H,29,30). The maximum absolute atomic E-state index is 13.1. The maximum atomic E-state index is 13.1. The van der Waals surface area contributed by atoms with Gasteiger partial charge in [-0.3, -0.25) is 9.78 Å². The number of carbonyl (C=O) groups excluding carboxylic acids is 1. The van der Waals surface area contributed by atoms with Crippen LogP contribution in [-0.2, 0) is 10.0 Å². The summed E-state index contributed by atoms with van der Waals surface area (Å²) in [5.41, 5.74) is 3.04. The number of hydrogen-bond acceptors (Lipinski definition) is 6. The van der Waals surface area contributed by atoms with E-state index in [1.807, 2.05) is 36.4 Å². The molecule has 2 heterocycles. The third-order valence-electron chi connectivity index (χ3n) is 6.32. The van der Waals surface area contributed by atoms with Gasteiger partial charge in [-0.05, 0) is 60.7 Å². The van der Waals surface area contributed by atoms with Crippen LogP contribution in [0.4, 0.5) is 11.4 Å². The van der Waals surface area contributed by atoms with Crippen LogP contribution in [0.3, 0.4) is 0 Å². The first-order chi connectivity index (χ1) is 17.8. The largest absolute Gasteiger partial charge is 0.497 e. The Balaban J connectivity index is 1.23. The molecule has 0 aliphatic carbocycles. The molecule has 0 unspecified atom stereocenters. The van der Waals surface area contributed by atoms with E-state index in [1.54, 1.807) is 41.4 Å². The smallest absolute Gasteiger partial charge is 0.253 e. The van der Waals surface area contributed by atoms with Gasteiger partial charge in [0.05, 0.1) is 17.5 Å². The molecule has 0 spiro atoms. The third kappa shape index (κ3) is 5.24. The van der Waals surface area contributed by atoms with Crippen molar-refractivity contribution in [3.05, 3.63) is 89.6 Å². The first-order valence-corrected chi connectivity index (χ1v) is 13.5. The Morgan fingerprint density at radius 3 is 2.46 bits per heavy atom. The number of methoxy groups -OCH3 is 1. The summed E-state index contributed by atoms with van der Waals surface area (Å²) in [6, 6.07) is 21.1. The zero-order chi connectivity index (χ0) is 26.0. The van der Waals surface area contributed by atoms with E-state index in [9.17, 15) is 13.2 Å². The average Bonchev–Trinajstić information content (AvgIpc) is 2.93. The van der Waals surface area contributed by atoms with E-state index in [0.717, 1.165) is 22.3 Å². The van der Waals surface area contributed by atoms with Crippen LogP contribution in [0.25, 0.3) is 10.9 Å². The molecule has 8 nitrogen and oxygen atoms in total. The Bertz CT molecular complexity index is 1550. The van der Waals surface area contributed by atoms with E-state index in [1.165, 1.54) is 17.5 Å². The van der Waals surface area contributed by atoms with Crippen LogP contribution >= 0.6 is 11.6 Å². The molecule has 5 rings (SSSR count). The molecule has 1 aliphatic heterocycles. The van der Waals surface area contributed by atoms with E-state index in [-0.39, 0.29) is 23.9 Å². The molecule has 1 aliphatic rings. The number of rotatable bonds is 6. The zero-order valence-corrected chi connectivity index (χ0v) is 21.7. The summed E-state index contributed by atoms with van der Waals surface area (Å²) < 4.78 is 32.6. The van der Waals surface area contributed by atoms with Crippen LogP contribution in [0.1, 0.15) is 10.4 Å². The van der Waals surface area contributed by atoms with Gasteiger partial charge in [-0.25, -0.2) is 8.42 Å². The molecule has 1 fully saturated rings. The topological polar surface area (TPSA) is 91.8 Å². The summed E-state index contributed by atoms with van der Waals surface area (Å²) in [6.45, 7) is 1.08. The van der Waals surface area contributed by atoms with Crippen molar-refractivity contribution in [3.8, 4) is 5.75 Å². The Morgan fingerprint density at radius 2 is 1.73 bits per heavy atom. The molecule has 1 aromatic heterocycles. The molecule has 1 N–H and O–H groups in total. The van der Waals surface area contributed by atoms with Gasteiger partial charge in [0.1, 0.15) is 5.75 Å². The molecular formula is C27H25ClN4O4S. The van der Waals surface area contributed by atoms with Crippen molar-refractivity contribution in [2.24, 2.45) is 0 Å². The number of nitrogens with zero attached hydrogens (tertiary/aromatic N) is 3. The summed E-state index contributed by atoms with van der Waals surface area (Å²) in [5.74, 6) is 0.350. The lowest BCUT2D eigenvalue weighted by molar-refractivity contribution is 0.0698. The number of carbonyl (C=O) groups is 1. The second-order valence-corrected chi connectivity index (χ2v) is 11.0. The summed E-state index contributed by atoms with van der Waals surface area (Å²) in [5, 5.41) is 4.93. The van der Waals surface area contributed by atoms with Crippen LogP contribution in [-0.4, -0.2) is 61.8 Å². The normalized spacial score (nSPS) is 14.5. The number of aromatic nitrogens is 1. The predicted molar refractivity (Wildman–Crippen MR) is 144 cm³/mol. The zero-order valence-electron chi connectivity index (χ0n) is 20.1. The molecule has 1 amide bonds. The number of nitrogens with one attached hydrogen (secondary N) is 1. The summed E-state index contributed by atoms with van der Waals surface area (Å²) in [7, 11) is -2.17. The minimum atomic E-state index is -3.67. The van der Waals surface area contributed by atoms with E-state index in [2.05, 4.69) is 10.3 Å². The maximum Gasteiger partial charge on any atom is 0.253 e. The van der Waals surface area contributed by atoms with Crippen molar-refractivity contribution < 1.29 is 17.9 Å². The number of amides is 1. The quantitative estimate of drug-likeness (QED) is 0.381. The highest BCUT2D eigenvalue weighted by atomic mass is 35.5. The van der Waals surface area contributed by atoms with Gasteiger partial charge in [-0.15, -0.1) is 0 Å². The number of fused-ring (bicyclic) bond motifs is 1. The van der Waals surface area contributed by atoms with Crippen molar-refractivity contribution in [1.82, 2.24) is 14.2 Å². The van der Waals surface area contributed by atoms with E-state index < -0.39 is 10.0 Å². The van der Waals surface area contributed by atoms with Gasteiger partial charge in [-0.1, -0.05) is 17.7 Å². The van der Waals surface area contributed by atoms with Gasteiger partial charge in [-0.2, -0.15) is 4.31 Å². The van der Waals surface area contributed by atoms with E-state index >= 15 is 0 Å². The molecule has 10 heteroatoms. The third-order valence-corrected chi connectivity index (χ3v) is 8.45. The molecule has 3 aromatic carbocycles. The van der Waals surface area contributed by atoms with E-state index in [0.29, 0.717) is 29.4 Å². The van der Waals surface area contributed by atoms with Crippen LogP contribution in [0.15, 0.2) is 83.9 Å². The van der Waals surface area contributed by atoms with Gasteiger partial charge >= 0.3 is 0 Å². The predicted octanol–water partition coefficient (Wildman–Crippen LogP) is 4.79. The number of anilines is 2. The lowest BCUT2D eigenvalue weighted by atomic mass is 10.1. The van der Waals surface area contributed by atoms with Crippen LogP contribution in [0.2, 0.25) is 5.02 Å². The summed E-state index contributed by atoms with van der Waals surface area (Å²) in [6.07, 6.45) is 1.72. The highest BCUT2D eigenvalue weighted by Crippen LogP contribution is 2.28. The molecule has 0 saturated carbocycles. The number of piperazine rings is 1. The number of ether oxygens (including phenoxy) is 1. The van der Waals surface area contributed by atoms with Gasteiger partial charge in [0.2, 0.25) is 10.0 Å². The lowest BCUT2D eigenvalue weighted by Crippen LogP contribution is -2.50. The van der Waals surface area contributed by atoms with Crippen LogP contribution < -0.4 is 10.1 Å². The van der Waals surface area contributed by atoms with Gasteiger partial charge in [0, 0.05) is 65.8 Å². The molecule has 190 valence electrons. The fraction of sp³-hybridized carbons (Fsp3) is 0.185. The number of pyridine rings is 1. The first-order valence-electron chi connectivity index (χ1n) is 11.7. The van der Waals surface area contributed by atoms with Crippen molar-refractivity contribution in [3.63, 3.8) is 0 Å². The van der Waals surface area contributed by atoms with Gasteiger partial charge < -0.3 is 15.0 Å².